The maximum Gasteiger partial charge on any atom is 0.193 e. The molecule has 1 N–H and O–H groups in total. The summed E-state index contributed by atoms with van der Waals surface area (Å²) in [7, 11) is 3.90. The van der Waals surface area contributed by atoms with E-state index in [1.807, 2.05) is 31.4 Å². The zero-order valence-electron chi connectivity index (χ0n) is 19.4. The maximum absolute atomic E-state index is 13.2. The van der Waals surface area contributed by atoms with Crippen LogP contribution in [0.3, 0.4) is 0 Å². The van der Waals surface area contributed by atoms with Crippen LogP contribution in [0.25, 0.3) is 0 Å². The molecule has 7 nitrogen and oxygen atoms in total. The van der Waals surface area contributed by atoms with Crippen LogP contribution < -0.4 is 15.1 Å². The smallest absolute Gasteiger partial charge is 0.193 e. The van der Waals surface area contributed by atoms with Crippen LogP contribution in [0.15, 0.2) is 47.6 Å². The van der Waals surface area contributed by atoms with Gasteiger partial charge in [-0.1, -0.05) is 0 Å². The third kappa shape index (κ3) is 6.92. The van der Waals surface area contributed by atoms with Gasteiger partial charge in [0.25, 0.3) is 0 Å². The van der Waals surface area contributed by atoms with E-state index < -0.39 is 0 Å². The summed E-state index contributed by atoms with van der Waals surface area (Å²) in [5.41, 5.74) is 2.24. The van der Waals surface area contributed by atoms with Gasteiger partial charge < -0.3 is 24.8 Å². The molecule has 1 aromatic carbocycles. The third-order valence-corrected chi connectivity index (χ3v) is 6.19. The molecule has 0 bridgehead atoms. The number of rotatable bonds is 6. The van der Waals surface area contributed by atoms with Crippen molar-refractivity contribution in [3.63, 3.8) is 0 Å². The largest absolute Gasteiger partial charge is 0.381 e. The van der Waals surface area contributed by atoms with Crippen LogP contribution in [0.2, 0.25) is 0 Å². The Balaban J connectivity index is 0.00000306. The van der Waals surface area contributed by atoms with Gasteiger partial charge in [0.05, 0.1) is 6.61 Å². The number of pyridine rings is 1. The Morgan fingerprint density at radius 2 is 1.91 bits per heavy atom. The van der Waals surface area contributed by atoms with Crippen molar-refractivity contribution in [2.45, 2.75) is 13.0 Å². The lowest BCUT2D eigenvalue weighted by molar-refractivity contribution is 0.181. The van der Waals surface area contributed by atoms with Gasteiger partial charge in [-0.15, -0.1) is 24.0 Å². The van der Waals surface area contributed by atoms with E-state index in [1.165, 1.54) is 17.7 Å². The molecule has 1 atom stereocenters. The van der Waals surface area contributed by atoms with Crippen LogP contribution >= 0.6 is 24.0 Å². The molecule has 2 aromatic rings. The van der Waals surface area contributed by atoms with E-state index in [2.05, 4.69) is 43.1 Å². The summed E-state index contributed by atoms with van der Waals surface area (Å²) in [6.45, 7) is 6.88. The quantitative estimate of drug-likeness (QED) is 0.328. The molecular weight excluding hydrogens is 534 g/mol. The number of hydrogen-bond acceptors (Lipinski definition) is 5. The molecule has 2 fully saturated rings. The molecule has 33 heavy (non-hydrogen) atoms. The molecule has 0 spiro atoms. The molecule has 9 heteroatoms. The van der Waals surface area contributed by atoms with Crippen molar-refractivity contribution in [3.8, 4) is 0 Å². The number of piperazine rings is 1. The standard InChI is InChI=1S/C24H33FN6O.HI/c1-26-24(29(2)17-20-8-14-32-18-20)28-16-19-7-9-27-23(15-19)31-12-10-30(11-13-31)22-5-3-21(25)4-6-22;/h3-7,9,15,20H,8,10-14,16-18H2,1-2H3,(H,26,28);1H. The number of nitrogens with zero attached hydrogens (tertiary/aromatic N) is 5. The first-order chi connectivity index (χ1) is 15.6. The van der Waals surface area contributed by atoms with Gasteiger partial charge in [0, 0.05) is 77.8 Å². The predicted octanol–water partition coefficient (Wildman–Crippen LogP) is 3.21. The fourth-order valence-corrected chi connectivity index (χ4v) is 4.36. The maximum atomic E-state index is 13.2. The number of guanidine groups is 1. The van der Waals surface area contributed by atoms with E-state index in [9.17, 15) is 4.39 Å². The summed E-state index contributed by atoms with van der Waals surface area (Å²) in [5.74, 6) is 2.26. The molecule has 4 rings (SSSR count). The van der Waals surface area contributed by atoms with Gasteiger partial charge >= 0.3 is 0 Å². The molecule has 2 saturated heterocycles. The molecule has 1 unspecified atom stereocenters. The van der Waals surface area contributed by atoms with Gasteiger partial charge in [0.1, 0.15) is 11.6 Å². The Morgan fingerprint density at radius 1 is 1.18 bits per heavy atom. The molecule has 0 aliphatic carbocycles. The van der Waals surface area contributed by atoms with E-state index in [0.717, 1.165) is 69.8 Å². The fraction of sp³-hybridized carbons (Fsp3) is 0.500. The lowest BCUT2D eigenvalue weighted by Crippen LogP contribution is -2.46. The highest BCUT2D eigenvalue weighted by molar-refractivity contribution is 14.0. The minimum atomic E-state index is -0.197. The van der Waals surface area contributed by atoms with Gasteiger partial charge in [-0.25, -0.2) is 9.37 Å². The minimum absolute atomic E-state index is 0. The number of aliphatic imine (C=N–C) groups is 1. The van der Waals surface area contributed by atoms with Crippen LogP contribution in [-0.2, 0) is 11.3 Å². The van der Waals surface area contributed by atoms with Crippen molar-refractivity contribution >= 4 is 41.4 Å². The van der Waals surface area contributed by atoms with Crippen LogP contribution in [0, 0.1) is 11.7 Å². The number of anilines is 2. The molecule has 0 saturated carbocycles. The molecule has 180 valence electrons. The van der Waals surface area contributed by atoms with Crippen molar-refractivity contribution in [1.29, 1.82) is 0 Å². The van der Waals surface area contributed by atoms with Gasteiger partial charge in [-0.3, -0.25) is 4.99 Å². The van der Waals surface area contributed by atoms with Crippen LogP contribution in [0.1, 0.15) is 12.0 Å². The second kappa shape index (κ2) is 12.4. The highest BCUT2D eigenvalue weighted by Gasteiger charge is 2.20. The van der Waals surface area contributed by atoms with Crippen molar-refractivity contribution in [2.24, 2.45) is 10.9 Å². The molecule has 0 amide bonds. The normalized spacial score (nSPS) is 18.8. The van der Waals surface area contributed by atoms with Crippen LogP contribution in [-0.4, -0.2) is 75.9 Å². The van der Waals surface area contributed by atoms with Crippen molar-refractivity contribution in [2.75, 3.05) is 69.8 Å². The lowest BCUT2D eigenvalue weighted by atomic mass is 10.1. The topological polar surface area (TPSA) is 56.2 Å². The number of hydrogen-bond donors (Lipinski definition) is 1. The minimum Gasteiger partial charge on any atom is -0.381 e. The first-order valence-corrected chi connectivity index (χ1v) is 11.3. The summed E-state index contributed by atoms with van der Waals surface area (Å²) in [6, 6.07) is 10.9. The van der Waals surface area contributed by atoms with E-state index in [4.69, 9.17) is 4.74 Å². The molecule has 0 radical (unpaired) electrons. The zero-order chi connectivity index (χ0) is 22.3. The summed E-state index contributed by atoms with van der Waals surface area (Å²) < 4.78 is 18.7. The predicted molar refractivity (Wildman–Crippen MR) is 142 cm³/mol. The molecule has 3 heterocycles. The third-order valence-electron chi connectivity index (χ3n) is 6.19. The van der Waals surface area contributed by atoms with Crippen molar-refractivity contribution in [3.05, 3.63) is 54.0 Å². The Labute approximate surface area is 213 Å². The van der Waals surface area contributed by atoms with Crippen molar-refractivity contribution in [1.82, 2.24) is 15.2 Å². The summed E-state index contributed by atoms with van der Waals surface area (Å²) >= 11 is 0. The number of benzene rings is 1. The summed E-state index contributed by atoms with van der Waals surface area (Å²) in [5, 5.41) is 3.47. The Morgan fingerprint density at radius 3 is 2.58 bits per heavy atom. The number of ether oxygens (including phenoxy) is 1. The van der Waals surface area contributed by atoms with Crippen LogP contribution in [0.4, 0.5) is 15.9 Å². The highest BCUT2D eigenvalue weighted by atomic mass is 127. The number of halogens is 2. The van der Waals surface area contributed by atoms with Gasteiger partial charge in [-0.05, 0) is 48.4 Å². The van der Waals surface area contributed by atoms with Crippen LogP contribution in [0.5, 0.6) is 0 Å². The van der Waals surface area contributed by atoms with E-state index in [1.54, 1.807) is 0 Å². The highest BCUT2D eigenvalue weighted by Crippen LogP contribution is 2.20. The van der Waals surface area contributed by atoms with E-state index in [-0.39, 0.29) is 29.8 Å². The van der Waals surface area contributed by atoms with Gasteiger partial charge in [-0.2, -0.15) is 0 Å². The summed E-state index contributed by atoms with van der Waals surface area (Å²) in [6.07, 6.45) is 2.99. The average Bonchev–Trinajstić information content (AvgIpc) is 3.33. The Bertz CT molecular complexity index is 898. The van der Waals surface area contributed by atoms with Gasteiger partial charge in [0.15, 0.2) is 5.96 Å². The molecule has 1 aromatic heterocycles. The number of aromatic nitrogens is 1. The molecule has 2 aliphatic rings. The van der Waals surface area contributed by atoms with E-state index >= 15 is 0 Å². The van der Waals surface area contributed by atoms with Crippen molar-refractivity contribution < 1.29 is 9.13 Å². The summed E-state index contributed by atoms with van der Waals surface area (Å²) in [4.78, 5) is 15.8. The second-order valence-electron chi connectivity index (χ2n) is 8.48. The lowest BCUT2D eigenvalue weighted by Gasteiger charge is -2.36. The SMILES string of the molecule is CN=C(NCc1ccnc(N2CCN(c3ccc(F)cc3)CC2)c1)N(C)CC1CCOC1.I. The number of nitrogens with one attached hydrogen (secondary N) is 1. The average molecular weight is 568 g/mol. The monoisotopic (exact) mass is 568 g/mol. The Hall–Kier alpha value is -2.14. The zero-order valence-corrected chi connectivity index (χ0v) is 21.7. The molecule has 2 aliphatic heterocycles. The van der Waals surface area contributed by atoms with E-state index in [0.29, 0.717) is 12.5 Å². The first kappa shape index (κ1) is 25.5. The Kier molecular flexibility index (Phi) is 9.54. The fourth-order valence-electron chi connectivity index (χ4n) is 4.36. The second-order valence-corrected chi connectivity index (χ2v) is 8.48. The first-order valence-electron chi connectivity index (χ1n) is 11.3. The molecular formula is C24H34FIN6O. The van der Waals surface area contributed by atoms with Gasteiger partial charge in [0.2, 0.25) is 0 Å².